The van der Waals surface area contributed by atoms with Crippen LogP contribution in [0.4, 0.5) is 0 Å². The fourth-order valence-electron chi connectivity index (χ4n) is 2.33. The van der Waals surface area contributed by atoms with Gasteiger partial charge < -0.3 is 15.2 Å². The fraction of sp³-hybridized carbons (Fsp3) is 0.368. The van der Waals surface area contributed by atoms with Crippen LogP contribution in [0.1, 0.15) is 43.5 Å². The van der Waals surface area contributed by atoms with Crippen LogP contribution in [-0.4, -0.2) is 11.2 Å². The minimum Gasteiger partial charge on any atom is -0.491 e. The Labute approximate surface area is 133 Å². The molecule has 0 saturated heterocycles. The maximum atomic E-state index is 9.17. The number of benzene rings is 2. The normalized spacial score (nSPS) is 12.4. The Morgan fingerprint density at radius 3 is 2.32 bits per heavy atom. The second-order valence-corrected chi connectivity index (χ2v) is 5.82. The lowest BCUT2D eigenvalue weighted by Gasteiger charge is -2.16. The monoisotopic (exact) mass is 299 g/mol. The summed E-state index contributed by atoms with van der Waals surface area (Å²) in [6.07, 6.45) is 0.195. The highest BCUT2D eigenvalue weighted by Gasteiger charge is 2.06. The van der Waals surface area contributed by atoms with E-state index in [0.29, 0.717) is 0 Å². The van der Waals surface area contributed by atoms with E-state index in [9.17, 15) is 5.11 Å². The highest BCUT2D eigenvalue weighted by molar-refractivity contribution is 5.29. The third kappa shape index (κ3) is 4.86. The van der Waals surface area contributed by atoms with Gasteiger partial charge in [0.1, 0.15) is 5.75 Å². The van der Waals surface area contributed by atoms with Crippen molar-refractivity contribution in [2.75, 3.05) is 0 Å². The summed E-state index contributed by atoms with van der Waals surface area (Å²) >= 11 is 0. The molecule has 0 spiro atoms. The third-order valence-electron chi connectivity index (χ3n) is 3.54. The van der Waals surface area contributed by atoms with Gasteiger partial charge >= 0.3 is 0 Å². The molecule has 0 heterocycles. The first kappa shape index (κ1) is 16.5. The van der Waals surface area contributed by atoms with E-state index >= 15 is 0 Å². The Bertz CT molecular complexity index is 578. The molecule has 0 radical (unpaired) electrons. The van der Waals surface area contributed by atoms with Gasteiger partial charge in [0.2, 0.25) is 0 Å². The number of hydrogen-bond donors (Lipinski definition) is 2. The number of aliphatic hydroxyl groups is 1. The molecule has 2 aromatic rings. The maximum Gasteiger partial charge on any atom is 0.119 e. The molecule has 0 aliphatic rings. The summed E-state index contributed by atoms with van der Waals surface area (Å²) < 4.78 is 5.66. The lowest BCUT2D eigenvalue weighted by molar-refractivity contribution is 0.242. The zero-order valence-electron chi connectivity index (χ0n) is 13.5. The van der Waals surface area contributed by atoms with Crippen molar-refractivity contribution in [3.05, 3.63) is 65.2 Å². The van der Waals surface area contributed by atoms with E-state index in [-0.39, 0.29) is 18.8 Å². The first-order valence-electron chi connectivity index (χ1n) is 7.77. The van der Waals surface area contributed by atoms with Crippen LogP contribution < -0.4 is 10.1 Å². The molecule has 2 rings (SSSR count). The molecule has 1 unspecified atom stereocenters. The Morgan fingerprint density at radius 1 is 1.00 bits per heavy atom. The van der Waals surface area contributed by atoms with Crippen molar-refractivity contribution in [3.8, 4) is 5.75 Å². The number of hydrogen-bond acceptors (Lipinski definition) is 3. The number of ether oxygens (including phenoxy) is 1. The SMILES string of the molecule is CC(C)Oc1ccc(C(C)NCc2cccc(CO)c2)cc1. The smallest absolute Gasteiger partial charge is 0.119 e. The van der Waals surface area contributed by atoms with Crippen LogP contribution in [0.15, 0.2) is 48.5 Å². The zero-order chi connectivity index (χ0) is 15.9. The van der Waals surface area contributed by atoms with Crippen molar-refractivity contribution in [1.82, 2.24) is 5.32 Å². The van der Waals surface area contributed by atoms with Gasteiger partial charge in [-0.05, 0) is 49.6 Å². The van der Waals surface area contributed by atoms with Crippen LogP contribution >= 0.6 is 0 Å². The standard InChI is InChI=1S/C19H25NO2/c1-14(2)22-19-9-7-18(8-10-19)15(3)20-12-16-5-4-6-17(11-16)13-21/h4-11,14-15,20-21H,12-13H2,1-3H3. The van der Waals surface area contributed by atoms with Crippen LogP contribution in [0.5, 0.6) is 5.75 Å². The summed E-state index contributed by atoms with van der Waals surface area (Å²) in [5, 5.41) is 12.7. The quantitative estimate of drug-likeness (QED) is 0.816. The average molecular weight is 299 g/mol. The lowest BCUT2D eigenvalue weighted by atomic mass is 10.1. The first-order valence-corrected chi connectivity index (χ1v) is 7.77. The molecule has 118 valence electrons. The highest BCUT2D eigenvalue weighted by atomic mass is 16.5. The molecule has 0 aliphatic carbocycles. The molecule has 2 aromatic carbocycles. The lowest BCUT2D eigenvalue weighted by Crippen LogP contribution is -2.18. The van der Waals surface area contributed by atoms with E-state index in [0.717, 1.165) is 17.9 Å². The maximum absolute atomic E-state index is 9.17. The van der Waals surface area contributed by atoms with Gasteiger partial charge in [0, 0.05) is 12.6 Å². The molecule has 1 atom stereocenters. The summed E-state index contributed by atoms with van der Waals surface area (Å²) in [4.78, 5) is 0. The summed E-state index contributed by atoms with van der Waals surface area (Å²) in [6.45, 7) is 7.06. The number of aliphatic hydroxyl groups excluding tert-OH is 1. The van der Waals surface area contributed by atoms with Crippen molar-refractivity contribution in [2.24, 2.45) is 0 Å². The second kappa shape index (κ2) is 7.97. The van der Waals surface area contributed by atoms with Gasteiger partial charge in [0.05, 0.1) is 12.7 Å². The van der Waals surface area contributed by atoms with Crippen LogP contribution in [0.3, 0.4) is 0 Å². The van der Waals surface area contributed by atoms with E-state index in [1.807, 2.05) is 44.2 Å². The summed E-state index contributed by atoms with van der Waals surface area (Å²) in [7, 11) is 0. The molecular formula is C19H25NO2. The molecule has 0 aromatic heterocycles. The van der Waals surface area contributed by atoms with Crippen molar-refractivity contribution in [1.29, 1.82) is 0 Å². The van der Waals surface area contributed by atoms with E-state index in [4.69, 9.17) is 4.74 Å². The van der Waals surface area contributed by atoms with Gasteiger partial charge in [0.25, 0.3) is 0 Å². The van der Waals surface area contributed by atoms with Gasteiger partial charge in [-0.3, -0.25) is 0 Å². The number of nitrogens with one attached hydrogen (secondary N) is 1. The minimum atomic E-state index is 0.0840. The molecule has 3 heteroatoms. The van der Waals surface area contributed by atoms with E-state index in [1.54, 1.807) is 0 Å². The predicted molar refractivity (Wildman–Crippen MR) is 89.8 cm³/mol. The average Bonchev–Trinajstić information content (AvgIpc) is 2.53. The van der Waals surface area contributed by atoms with Crippen LogP contribution in [0, 0.1) is 0 Å². The third-order valence-corrected chi connectivity index (χ3v) is 3.54. The van der Waals surface area contributed by atoms with Gasteiger partial charge in [-0.1, -0.05) is 36.4 Å². The van der Waals surface area contributed by atoms with Crippen LogP contribution in [-0.2, 0) is 13.2 Å². The molecule has 0 aliphatic heterocycles. The molecule has 3 nitrogen and oxygen atoms in total. The first-order chi connectivity index (χ1) is 10.6. The topological polar surface area (TPSA) is 41.5 Å². The van der Waals surface area contributed by atoms with Gasteiger partial charge in [0.15, 0.2) is 0 Å². The van der Waals surface area contributed by atoms with Crippen LogP contribution in [0.2, 0.25) is 0 Å². The van der Waals surface area contributed by atoms with Gasteiger partial charge in [-0.25, -0.2) is 0 Å². The molecule has 2 N–H and O–H groups in total. The van der Waals surface area contributed by atoms with Crippen molar-refractivity contribution < 1.29 is 9.84 Å². The Balaban J connectivity index is 1.92. The van der Waals surface area contributed by atoms with Crippen molar-refractivity contribution >= 4 is 0 Å². The van der Waals surface area contributed by atoms with E-state index < -0.39 is 0 Å². The Morgan fingerprint density at radius 2 is 1.68 bits per heavy atom. The number of rotatable bonds is 7. The largest absolute Gasteiger partial charge is 0.491 e. The molecule has 22 heavy (non-hydrogen) atoms. The summed E-state index contributed by atoms with van der Waals surface area (Å²) in [6, 6.07) is 16.5. The second-order valence-electron chi connectivity index (χ2n) is 5.82. The zero-order valence-corrected chi connectivity index (χ0v) is 13.5. The van der Waals surface area contributed by atoms with Crippen molar-refractivity contribution in [3.63, 3.8) is 0 Å². The molecule has 0 bridgehead atoms. The Kier molecular flexibility index (Phi) is 5.99. The fourth-order valence-corrected chi connectivity index (χ4v) is 2.33. The van der Waals surface area contributed by atoms with E-state index in [1.165, 1.54) is 11.1 Å². The highest BCUT2D eigenvalue weighted by Crippen LogP contribution is 2.19. The molecule has 0 saturated carbocycles. The molecule has 0 fully saturated rings. The summed E-state index contributed by atoms with van der Waals surface area (Å²) in [5.74, 6) is 0.904. The predicted octanol–water partition coefficient (Wildman–Crippen LogP) is 3.82. The van der Waals surface area contributed by atoms with Crippen molar-refractivity contribution in [2.45, 2.75) is 46.1 Å². The van der Waals surface area contributed by atoms with Gasteiger partial charge in [-0.15, -0.1) is 0 Å². The van der Waals surface area contributed by atoms with Gasteiger partial charge in [-0.2, -0.15) is 0 Å². The van der Waals surface area contributed by atoms with E-state index in [2.05, 4.69) is 30.4 Å². The molecule has 0 amide bonds. The minimum absolute atomic E-state index is 0.0840. The molecular weight excluding hydrogens is 274 g/mol. The summed E-state index contributed by atoms with van der Waals surface area (Å²) in [5.41, 5.74) is 3.36. The Hall–Kier alpha value is -1.84. The van der Waals surface area contributed by atoms with Crippen LogP contribution in [0.25, 0.3) is 0 Å².